The lowest BCUT2D eigenvalue weighted by molar-refractivity contribution is 0.101. The highest BCUT2D eigenvalue weighted by Crippen LogP contribution is 2.30. The Morgan fingerprint density at radius 3 is 2.95 bits per heavy atom. The quantitative estimate of drug-likeness (QED) is 0.595. The van der Waals surface area contributed by atoms with Crippen LogP contribution in [0.3, 0.4) is 0 Å². The molecule has 0 unspecified atom stereocenters. The molecule has 1 aromatic carbocycles. The van der Waals surface area contributed by atoms with Crippen LogP contribution < -0.4 is 4.74 Å². The van der Waals surface area contributed by atoms with Crippen molar-refractivity contribution in [1.82, 2.24) is 4.98 Å². The highest BCUT2D eigenvalue weighted by Gasteiger charge is 2.09. The molecule has 5 heteroatoms. The monoisotopic (exact) mass is 293 g/mol. The van der Waals surface area contributed by atoms with Crippen molar-refractivity contribution in [3.8, 4) is 5.75 Å². The highest BCUT2D eigenvalue weighted by molar-refractivity contribution is 8.00. The number of ketones is 1. The van der Waals surface area contributed by atoms with E-state index >= 15 is 0 Å². The van der Waals surface area contributed by atoms with Crippen LogP contribution in [0.25, 0.3) is 0 Å². The topological polar surface area (TPSA) is 39.2 Å². The minimum Gasteiger partial charge on any atom is -0.494 e. The number of benzene rings is 1. The van der Waals surface area contributed by atoms with Crippen LogP contribution in [0.2, 0.25) is 0 Å². The fourth-order valence-electron chi connectivity index (χ4n) is 1.63. The summed E-state index contributed by atoms with van der Waals surface area (Å²) in [7, 11) is 0. The van der Waals surface area contributed by atoms with Crippen molar-refractivity contribution < 1.29 is 9.53 Å². The third-order valence-electron chi connectivity index (χ3n) is 2.53. The highest BCUT2D eigenvalue weighted by atomic mass is 32.2. The number of nitrogens with zero attached hydrogens (tertiary/aromatic N) is 1. The maximum absolute atomic E-state index is 11.4. The van der Waals surface area contributed by atoms with Crippen LogP contribution in [0.5, 0.6) is 5.75 Å². The molecule has 100 valence electrons. The van der Waals surface area contributed by atoms with Gasteiger partial charge in [0.15, 0.2) is 5.78 Å². The largest absolute Gasteiger partial charge is 0.494 e. The van der Waals surface area contributed by atoms with Crippen molar-refractivity contribution in [2.45, 2.75) is 23.9 Å². The van der Waals surface area contributed by atoms with Gasteiger partial charge in [-0.05, 0) is 32.0 Å². The van der Waals surface area contributed by atoms with Gasteiger partial charge >= 0.3 is 0 Å². The molecule has 0 aliphatic rings. The smallest absolute Gasteiger partial charge is 0.159 e. The predicted molar refractivity (Wildman–Crippen MR) is 79.3 cm³/mol. The molecule has 0 spiro atoms. The molecule has 0 radical (unpaired) electrons. The SMILES string of the molecule is CCOc1ccc(C(C)=O)cc1CSc1nccs1. The van der Waals surface area contributed by atoms with Gasteiger partial charge in [-0.2, -0.15) is 0 Å². The van der Waals surface area contributed by atoms with Crippen LogP contribution in [-0.2, 0) is 5.75 Å². The van der Waals surface area contributed by atoms with Crippen LogP contribution in [-0.4, -0.2) is 17.4 Å². The molecule has 1 heterocycles. The lowest BCUT2D eigenvalue weighted by Gasteiger charge is -2.10. The summed E-state index contributed by atoms with van der Waals surface area (Å²) in [5.41, 5.74) is 1.76. The number of hydrogen-bond donors (Lipinski definition) is 0. The molecule has 1 aromatic heterocycles. The standard InChI is InChI=1S/C14H15NO2S2/c1-3-17-13-5-4-11(10(2)16)8-12(13)9-19-14-15-6-7-18-14/h4-8H,3,9H2,1-2H3. The van der Waals surface area contributed by atoms with Gasteiger partial charge in [-0.3, -0.25) is 4.79 Å². The molecule has 0 amide bonds. The zero-order chi connectivity index (χ0) is 13.7. The number of thiazole rings is 1. The predicted octanol–water partition coefficient (Wildman–Crippen LogP) is 4.04. The first-order chi connectivity index (χ1) is 9.20. The van der Waals surface area contributed by atoms with Crippen LogP contribution in [0.15, 0.2) is 34.1 Å². The Kier molecular flexibility index (Phi) is 4.99. The van der Waals surface area contributed by atoms with Crippen molar-refractivity contribution in [3.05, 3.63) is 40.9 Å². The third-order valence-corrected chi connectivity index (χ3v) is 4.54. The van der Waals surface area contributed by atoms with Crippen molar-refractivity contribution in [1.29, 1.82) is 0 Å². The maximum atomic E-state index is 11.4. The Morgan fingerprint density at radius 2 is 2.32 bits per heavy atom. The Labute approximate surface area is 121 Å². The lowest BCUT2D eigenvalue weighted by atomic mass is 10.1. The number of rotatable bonds is 6. The van der Waals surface area contributed by atoms with E-state index in [1.54, 1.807) is 36.2 Å². The van der Waals surface area contributed by atoms with Crippen LogP contribution in [0.4, 0.5) is 0 Å². The summed E-state index contributed by atoms with van der Waals surface area (Å²) >= 11 is 3.27. The third kappa shape index (κ3) is 3.81. The van der Waals surface area contributed by atoms with Gasteiger partial charge in [-0.25, -0.2) is 4.98 Å². The molecule has 0 fully saturated rings. The van der Waals surface area contributed by atoms with Crippen molar-refractivity contribution in [3.63, 3.8) is 0 Å². The first kappa shape index (κ1) is 14.1. The van der Waals surface area contributed by atoms with Gasteiger partial charge in [0.25, 0.3) is 0 Å². The molecule has 3 nitrogen and oxygen atoms in total. The lowest BCUT2D eigenvalue weighted by Crippen LogP contribution is -1.99. The van der Waals surface area contributed by atoms with E-state index in [4.69, 9.17) is 4.74 Å². The second kappa shape index (κ2) is 6.73. The minimum atomic E-state index is 0.0727. The van der Waals surface area contributed by atoms with E-state index in [0.29, 0.717) is 6.61 Å². The van der Waals surface area contributed by atoms with E-state index in [9.17, 15) is 4.79 Å². The van der Waals surface area contributed by atoms with Crippen molar-refractivity contribution >= 4 is 28.9 Å². The van der Waals surface area contributed by atoms with E-state index in [1.165, 1.54) is 0 Å². The van der Waals surface area contributed by atoms with E-state index in [1.807, 2.05) is 30.5 Å². The Morgan fingerprint density at radius 1 is 1.47 bits per heavy atom. The minimum absolute atomic E-state index is 0.0727. The summed E-state index contributed by atoms with van der Waals surface area (Å²) in [4.78, 5) is 15.7. The van der Waals surface area contributed by atoms with E-state index < -0.39 is 0 Å². The number of Topliss-reactive ketones (excluding diaryl/α,β-unsaturated/α-hetero) is 1. The van der Waals surface area contributed by atoms with Gasteiger partial charge in [0.1, 0.15) is 10.1 Å². The summed E-state index contributed by atoms with van der Waals surface area (Å²) in [6.45, 7) is 4.15. The Hall–Kier alpha value is -1.33. The van der Waals surface area contributed by atoms with Gasteiger partial charge in [-0.1, -0.05) is 11.8 Å². The Bertz CT molecular complexity index is 553. The van der Waals surface area contributed by atoms with E-state index in [0.717, 1.165) is 27.0 Å². The number of carbonyl (C=O) groups excluding carboxylic acids is 1. The zero-order valence-corrected chi connectivity index (χ0v) is 12.5. The second-order valence-electron chi connectivity index (χ2n) is 3.90. The molecule has 0 aliphatic heterocycles. The van der Waals surface area contributed by atoms with Gasteiger partial charge in [0.05, 0.1) is 6.61 Å². The van der Waals surface area contributed by atoms with Crippen LogP contribution in [0, 0.1) is 0 Å². The molecule has 2 aromatic rings. The normalized spacial score (nSPS) is 10.4. The molecule has 0 saturated heterocycles. The molecule has 0 N–H and O–H groups in total. The maximum Gasteiger partial charge on any atom is 0.159 e. The molecule has 0 bridgehead atoms. The van der Waals surface area contributed by atoms with Crippen molar-refractivity contribution in [2.24, 2.45) is 0 Å². The van der Waals surface area contributed by atoms with E-state index in [-0.39, 0.29) is 5.78 Å². The number of hydrogen-bond acceptors (Lipinski definition) is 5. The van der Waals surface area contributed by atoms with Crippen LogP contribution >= 0.6 is 23.1 Å². The first-order valence-corrected chi connectivity index (χ1v) is 7.86. The molecular formula is C14H15NO2S2. The molecular weight excluding hydrogens is 278 g/mol. The second-order valence-corrected chi connectivity index (χ2v) is 6.02. The van der Waals surface area contributed by atoms with Crippen molar-refractivity contribution in [2.75, 3.05) is 6.61 Å². The summed E-state index contributed by atoms with van der Waals surface area (Å²) in [5.74, 6) is 1.67. The fourth-order valence-corrected chi connectivity index (χ4v) is 3.24. The van der Waals surface area contributed by atoms with E-state index in [2.05, 4.69) is 4.98 Å². The van der Waals surface area contributed by atoms with Gasteiger partial charge in [0.2, 0.25) is 0 Å². The molecule has 2 rings (SSSR count). The fraction of sp³-hybridized carbons (Fsp3) is 0.286. The number of ether oxygens (including phenoxy) is 1. The average molecular weight is 293 g/mol. The number of carbonyl (C=O) groups is 1. The zero-order valence-electron chi connectivity index (χ0n) is 10.9. The van der Waals surface area contributed by atoms with Crippen LogP contribution in [0.1, 0.15) is 29.8 Å². The number of aromatic nitrogens is 1. The summed E-state index contributed by atoms with van der Waals surface area (Å²) < 4.78 is 6.62. The molecule has 0 atom stereocenters. The average Bonchev–Trinajstić information content (AvgIpc) is 2.90. The first-order valence-electron chi connectivity index (χ1n) is 5.99. The molecule has 0 aliphatic carbocycles. The number of thioether (sulfide) groups is 1. The summed E-state index contributed by atoms with van der Waals surface area (Å²) in [5, 5.41) is 1.96. The van der Waals surface area contributed by atoms with Gasteiger partial charge in [0, 0.05) is 28.5 Å². The Balaban J connectivity index is 2.19. The van der Waals surface area contributed by atoms with Gasteiger partial charge in [-0.15, -0.1) is 11.3 Å². The summed E-state index contributed by atoms with van der Waals surface area (Å²) in [6, 6.07) is 5.59. The summed E-state index contributed by atoms with van der Waals surface area (Å²) in [6.07, 6.45) is 1.79. The molecule has 0 saturated carbocycles. The van der Waals surface area contributed by atoms with Gasteiger partial charge < -0.3 is 4.74 Å². The molecule has 19 heavy (non-hydrogen) atoms.